The molecular formula is C27H26N2. The quantitative estimate of drug-likeness (QED) is 0.332. The zero-order valence-electron chi connectivity index (χ0n) is 17.4. The Kier molecular flexibility index (Phi) is 3.35. The smallest absolute Gasteiger partial charge is 0.0786 e. The summed E-state index contributed by atoms with van der Waals surface area (Å²) >= 11 is 0. The summed E-state index contributed by atoms with van der Waals surface area (Å²) in [6.45, 7) is 6.96. The van der Waals surface area contributed by atoms with Crippen molar-refractivity contribution in [2.75, 3.05) is 0 Å². The van der Waals surface area contributed by atoms with Gasteiger partial charge in [0.15, 0.2) is 0 Å². The molecule has 2 aliphatic rings. The van der Waals surface area contributed by atoms with E-state index in [-0.39, 0.29) is 10.8 Å². The number of benzene rings is 2. The number of aromatic nitrogens is 2. The average Bonchev–Trinajstić information content (AvgIpc) is 3.20. The van der Waals surface area contributed by atoms with Gasteiger partial charge in [0.25, 0.3) is 0 Å². The van der Waals surface area contributed by atoms with Crippen LogP contribution in [0.15, 0.2) is 55.0 Å². The fraction of sp³-hybridized carbons (Fsp3) is 0.333. The van der Waals surface area contributed by atoms with Crippen molar-refractivity contribution in [3.05, 3.63) is 71.7 Å². The lowest BCUT2D eigenvalue weighted by atomic mass is 9.64. The summed E-state index contributed by atoms with van der Waals surface area (Å²) in [5.41, 5.74) is 7.13. The number of pyridine rings is 2. The van der Waals surface area contributed by atoms with Crippen molar-refractivity contribution in [2.45, 2.75) is 57.3 Å². The van der Waals surface area contributed by atoms with Gasteiger partial charge in [0.05, 0.1) is 5.69 Å². The van der Waals surface area contributed by atoms with E-state index in [1.54, 1.807) is 0 Å². The molecule has 1 spiro atoms. The summed E-state index contributed by atoms with van der Waals surface area (Å²) in [5, 5.41) is 5.19. The van der Waals surface area contributed by atoms with E-state index in [4.69, 9.17) is 4.98 Å². The van der Waals surface area contributed by atoms with Gasteiger partial charge in [-0.05, 0) is 70.0 Å². The van der Waals surface area contributed by atoms with E-state index in [1.807, 2.05) is 18.6 Å². The van der Waals surface area contributed by atoms with Gasteiger partial charge in [0.1, 0.15) is 0 Å². The molecule has 2 aromatic heterocycles. The third-order valence-corrected chi connectivity index (χ3v) is 7.25. The normalized spacial score (nSPS) is 17.2. The minimum atomic E-state index is 0.113. The van der Waals surface area contributed by atoms with Crippen molar-refractivity contribution in [3.63, 3.8) is 0 Å². The van der Waals surface area contributed by atoms with E-state index in [0.717, 1.165) is 5.69 Å². The number of hydrogen-bond donors (Lipinski definition) is 0. The van der Waals surface area contributed by atoms with Crippen LogP contribution in [0.3, 0.4) is 0 Å². The first kappa shape index (κ1) is 17.1. The molecule has 6 rings (SSSR count). The van der Waals surface area contributed by atoms with E-state index in [9.17, 15) is 0 Å². The highest BCUT2D eigenvalue weighted by Gasteiger charge is 2.44. The topological polar surface area (TPSA) is 25.8 Å². The van der Waals surface area contributed by atoms with E-state index in [2.05, 4.69) is 62.2 Å². The molecule has 2 nitrogen and oxygen atoms in total. The fourth-order valence-electron chi connectivity index (χ4n) is 5.72. The Balaban J connectivity index is 1.80. The van der Waals surface area contributed by atoms with Crippen LogP contribution in [0.4, 0.5) is 0 Å². The molecule has 0 radical (unpaired) electrons. The summed E-state index contributed by atoms with van der Waals surface area (Å²) in [4.78, 5) is 9.27. The summed E-state index contributed by atoms with van der Waals surface area (Å²) in [6, 6.07) is 14.0. The molecule has 144 valence electrons. The first-order valence-corrected chi connectivity index (χ1v) is 10.8. The highest BCUT2D eigenvalue weighted by molar-refractivity contribution is 6.04. The van der Waals surface area contributed by atoms with Crippen molar-refractivity contribution in [1.82, 2.24) is 9.97 Å². The Bertz CT molecular complexity index is 1290. The van der Waals surface area contributed by atoms with Gasteiger partial charge in [0, 0.05) is 40.3 Å². The SMILES string of the molecule is CC(C)(C)c1cc2c3c(nccc3c1)-c1cc3cnccc3cc1C21CCCC1. The number of fused-ring (bicyclic) bond motifs is 5. The average molecular weight is 379 g/mol. The molecule has 4 aromatic rings. The molecule has 29 heavy (non-hydrogen) atoms. The van der Waals surface area contributed by atoms with Crippen LogP contribution < -0.4 is 0 Å². The van der Waals surface area contributed by atoms with Gasteiger partial charge in [0.2, 0.25) is 0 Å². The highest BCUT2D eigenvalue weighted by Crippen LogP contribution is 2.56. The molecule has 2 aromatic carbocycles. The van der Waals surface area contributed by atoms with Crippen LogP contribution in [0.1, 0.15) is 63.1 Å². The minimum absolute atomic E-state index is 0.113. The zero-order chi connectivity index (χ0) is 19.8. The first-order chi connectivity index (χ1) is 14.0. The summed E-state index contributed by atoms with van der Waals surface area (Å²) in [5.74, 6) is 0. The van der Waals surface area contributed by atoms with Gasteiger partial charge in [-0.3, -0.25) is 9.97 Å². The van der Waals surface area contributed by atoms with Crippen molar-refractivity contribution in [1.29, 1.82) is 0 Å². The number of nitrogens with zero attached hydrogens (tertiary/aromatic N) is 2. The zero-order valence-corrected chi connectivity index (χ0v) is 17.4. The van der Waals surface area contributed by atoms with Crippen molar-refractivity contribution in [3.8, 4) is 11.3 Å². The van der Waals surface area contributed by atoms with Gasteiger partial charge >= 0.3 is 0 Å². The standard InChI is InChI=1S/C27H26N2/c1-26(2,3)20-12-18-7-11-29-25-21-13-19-16-28-10-6-17(19)14-22(21)27(8-4-5-9-27)23(15-20)24(18)25/h6-7,10-16H,4-5,8-9H2,1-3H3. The van der Waals surface area contributed by atoms with E-state index >= 15 is 0 Å². The van der Waals surface area contributed by atoms with Crippen molar-refractivity contribution < 1.29 is 0 Å². The molecule has 1 fully saturated rings. The third-order valence-electron chi connectivity index (χ3n) is 7.25. The summed E-state index contributed by atoms with van der Waals surface area (Å²) < 4.78 is 0. The Hall–Kier alpha value is -2.74. The van der Waals surface area contributed by atoms with E-state index in [1.165, 1.54) is 69.5 Å². The van der Waals surface area contributed by atoms with E-state index < -0.39 is 0 Å². The van der Waals surface area contributed by atoms with Crippen LogP contribution in [-0.2, 0) is 10.8 Å². The highest BCUT2D eigenvalue weighted by atomic mass is 14.7. The largest absolute Gasteiger partial charge is 0.264 e. The lowest BCUT2D eigenvalue weighted by Crippen LogP contribution is -2.29. The Morgan fingerprint density at radius 2 is 1.62 bits per heavy atom. The maximum absolute atomic E-state index is 4.91. The maximum atomic E-state index is 4.91. The predicted octanol–water partition coefficient (Wildman–Crippen LogP) is 6.92. The lowest BCUT2D eigenvalue weighted by molar-refractivity contribution is 0.533. The fourth-order valence-corrected chi connectivity index (χ4v) is 5.72. The molecule has 2 heterocycles. The molecule has 0 atom stereocenters. The van der Waals surface area contributed by atoms with Gasteiger partial charge < -0.3 is 0 Å². The molecule has 2 heteroatoms. The van der Waals surface area contributed by atoms with Crippen LogP contribution in [0.5, 0.6) is 0 Å². The molecular weight excluding hydrogens is 352 g/mol. The van der Waals surface area contributed by atoms with Crippen molar-refractivity contribution >= 4 is 21.5 Å². The van der Waals surface area contributed by atoms with Crippen LogP contribution in [0, 0.1) is 0 Å². The van der Waals surface area contributed by atoms with Crippen molar-refractivity contribution in [2.24, 2.45) is 0 Å². The minimum Gasteiger partial charge on any atom is -0.264 e. The molecule has 0 bridgehead atoms. The van der Waals surface area contributed by atoms with Crippen LogP contribution in [-0.4, -0.2) is 9.97 Å². The number of rotatable bonds is 0. The molecule has 0 saturated heterocycles. The van der Waals surface area contributed by atoms with Crippen LogP contribution >= 0.6 is 0 Å². The van der Waals surface area contributed by atoms with Gasteiger partial charge in [-0.25, -0.2) is 0 Å². The van der Waals surface area contributed by atoms with Gasteiger partial charge in [-0.1, -0.05) is 45.7 Å². The second-order valence-electron chi connectivity index (χ2n) is 9.94. The maximum Gasteiger partial charge on any atom is 0.0786 e. The second-order valence-corrected chi connectivity index (χ2v) is 9.94. The summed E-state index contributed by atoms with van der Waals surface area (Å²) in [6.07, 6.45) is 10.9. The first-order valence-electron chi connectivity index (χ1n) is 10.8. The third kappa shape index (κ3) is 2.29. The Labute approximate surface area is 172 Å². The molecule has 1 saturated carbocycles. The Morgan fingerprint density at radius 3 is 2.41 bits per heavy atom. The number of hydrogen-bond acceptors (Lipinski definition) is 2. The molecule has 0 unspecified atom stereocenters. The van der Waals surface area contributed by atoms with Crippen LogP contribution in [0.2, 0.25) is 0 Å². The predicted molar refractivity (Wildman–Crippen MR) is 120 cm³/mol. The van der Waals surface area contributed by atoms with E-state index in [0.29, 0.717) is 0 Å². The van der Waals surface area contributed by atoms with Crippen LogP contribution in [0.25, 0.3) is 32.8 Å². The van der Waals surface area contributed by atoms with Gasteiger partial charge in [-0.2, -0.15) is 0 Å². The Morgan fingerprint density at radius 1 is 0.828 bits per heavy atom. The summed E-state index contributed by atoms with van der Waals surface area (Å²) in [7, 11) is 0. The lowest BCUT2D eigenvalue weighted by Gasteiger charge is -2.39. The second kappa shape index (κ2) is 5.66. The molecule has 0 amide bonds. The molecule has 2 aliphatic carbocycles. The molecule has 0 aliphatic heterocycles. The molecule has 0 N–H and O–H groups in total. The monoisotopic (exact) mass is 378 g/mol. The van der Waals surface area contributed by atoms with Gasteiger partial charge in [-0.15, -0.1) is 0 Å².